The molecule has 2 aromatic rings. The third kappa shape index (κ3) is 1.83. The number of nitrogens with zero attached hydrogens (tertiary/aromatic N) is 2. The lowest BCUT2D eigenvalue weighted by atomic mass is 9.82. The van der Waals surface area contributed by atoms with Crippen LogP contribution in [0, 0.1) is 0 Å². The number of benzene rings is 1. The first-order chi connectivity index (χ1) is 9.81. The third-order valence-electron chi connectivity index (χ3n) is 4.56. The van der Waals surface area contributed by atoms with Crippen LogP contribution >= 0.6 is 0 Å². The minimum atomic E-state index is 0.323. The van der Waals surface area contributed by atoms with Gasteiger partial charge in [0.25, 0.3) is 0 Å². The Morgan fingerprint density at radius 2 is 1.85 bits per heavy atom. The van der Waals surface area contributed by atoms with E-state index >= 15 is 0 Å². The Morgan fingerprint density at radius 1 is 1.05 bits per heavy atom. The molecule has 0 saturated heterocycles. The topological polar surface area (TPSA) is 63.8 Å². The summed E-state index contributed by atoms with van der Waals surface area (Å²) in [6.45, 7) is 0. The highest BCUT2D eigenvalue weighted by atomic mass is 15.0. The monoisotopic (exact) mass is 266 g/mol. The van der Waals surface area contributed by atoms with Gasteiger partial charge in [0, 0.05) is 35.6 Å². The summed E-state index contributed by atoms with van der Waals surface area (Å²) >= 11 is 0. The lowest BCUT2D eigenvalue weighted by molar-refractivity contribution is 0.422. The van der Waals surface area contributed by atoms with Crippen molar-refractivity contribution in [1.82, 2.24) is 9.97 Å². The summed E-state index contributed by atoms with van der Waals surface area (Å²) in [5.74, 6) is 0.998. The van der Waals surface area contributed by atoms with Gasteiger partial charge in [0.15, 0.2) is 0 Å². The van der Waals surface area contributed by atoms with Gasteiger partial charge in [0.05, 0.1) is 0 Å². The number of nitrogens with one attached hydrogen (secondary N) is 1. The van der Waals surface area contributed by atoms with Gasteiger partial charge < -0.3 is 11.1 Å². The average molecular weight is 266 g/mol. The SMILES string of the molecule is Nc1ncc(-c2ccc3c(c2)[C@H]2CCCC[C@H]2N3)cn1. The van der Waals surface area contributed by atoms with Gasteiger partial charge in [-0.25, -0.2) is 9.97 Å². The van der Waals surface area contributed by atoms with Gasteiger partial charge in [-0.3, -0.25) is 0 Å². The van der Waals surface area contributed by atoms with Crippen molar-refractivity contribution < 1.29 is 0 Å². The first kappa shape index (κ1) is 11.7. The van der Waals surface area contributed by atoms with Crippen molar-refractivity contribution in [3.8, 4) is 11.1 Å². The number of hydrogen-bond donors (Lipinski definition) is 2. The number of nitrogens with two attached hydrogens (primary N) is 1. The molecule has 3 N–H and O–H groups in total. The second-order valence-electron chi connectivity index (χ2n) is 5.77. The van der Waals surface area contributed by atoms with Gasteiger partial charge in [-0.15, -0.1) is 0 Å². The van der Waals surface area contributed by atoms with E-state index in [1.807, 2.05) is 0 Å². The molecule has 1 saturated carbocycles. The van der Waals surface area contributed by atoms with Crippen LogP contribution in [-0.4, -0.2) is 16.0 Å². The van der Waals surface area contributed by atoms with Crippen molar-refractivity contribution in [2.24, 2.45) is 0 Å². The van der Waals surface area contributed by atoms with E-state index in [1.54, 1.807) is 12.4 Å². The minimum Gasteiger partial charge on any atom is -0.381 e. The molecule has 1 fully saturated rings. The number of rotatable bonds is 1. The van der Waals surface area contributed by atoms with Gasteiger partial charge in [-0.05, 0) is 36.1 Å². The molecule has 2 atom stereocenters. The summed E-state index contributed by atoms with van der Waals surface area (Å²) < 4.78 is 0. The van der Waals surface area contributed by atoms with Crippen molar-refractivity contribution in [3.63, 3.8) is 0 Å². The molecule has 1 aliphatic heterocycles. The summed E-state index contributed by atoms with van der Waals surface area (Å²) in [5.41, 5.74) is 10.5. The fourth-order valence-corrected chi connectivity index (χ4v) is 3.54. The maximum Gasteiger partial charge on any atom is 0.219 e. The Balaban J connectivity index is 1.73. The minimum absolute atomic E-state index is 0.323. The smallest absolute Gasteiger partial charge is 0.219 e. The summed E-state index contributed by atoms with van der Waals surface area (Å²) in [6.07, 6.45) is 8.87. The predicted octanol–water partition coefficient (Wildman–Crippen LogP) is 3.18. The molecular formula is C16H18N4. The molecule has 102 valence electrons. The van der Waals surface area contributed by atoms with E-state index in [-0.39, 0.29) is 0 Å². The van der Waals surface area contributed by atoms with Crippen molar-refractivity contribution >= 4 is 11.6 Å². The van der Waals surface area contributed by atoms with Crippen LogP contribution < -0.4 is 11.1 Å². The van der Waals surface area contributed by atoms with Crippen LogP contribution in [-0.2, 0) is 0 Å². The number of aromatic nitrogens is 2. The highest BCUT2D eigenvalue weighted by Crippen LogP contribution is 2.44. The number of anilines is 2. The van der Waals surface area contributed by atoms with Crippen LogP contribution in [0.2, 0.25) is 0 Å². The van der Waals surface area contributed by atoms with E-state index in [4.69, 9.17) is 5.73 Å². The lowest BCUT2D eigenvalue weighted by Crippen LogP contribution is -2.23. The molecular weight excluding hydrogens is 248 g/mol. The zero-order valence-corrected chi connectivity index (χ0v) is 11.3. The summed E-state index contributed by atoms with van der Waals surface area (Å²) in [5, 5.41) is 3.67. The maximum absolute atomic E-state index is 5.55. The van der Waals surface area contributed by atoms with Crippen molar-refractivity contribution in [1.29, 1.82) is 0 Å². The van der Waals surface area contributed by atoms with Crippen LogP contribution in [0.15, 0.2) is 30.6 Å². The van der Waals surface area contributed by atoms with E-state index in [0.717, 1.165) is 5.56 Å². The molecule has 0 unspecified atom stereocenters. The predicted molar refractivity (Wildman–Crippen MR) is 80.5 cm³/mol. The highest BCUT2D eigenvalue weighted by Gasteiger charge is 2.33. The zero-order chi connectivity index (χ0) is 13.5. The van der Waals surface area contributed by atoms with Crippen LogP contribution in [0.5, 0.6) is 0 Å². The average Bonchev–Trinajstić information content (AvgIpc) is 2.86. The molecule has 20 heavy (non-hydrogen) atoms. The molecule has 0 bridgehead atoms. The van der Waals surface area contributed by atoms with E-state index in [2.05, 4.69) is 33.5 Å². The van der Waals surface area contributed by atoms with Crippen LogP contribution in [0.3, 0.4) is 0 Å². The first-order valence-corrected chi connectivity index (χ1v) is 7.29. The standard InChI is InChI=1S/C16H18N4/c17-16-18-8-11(9-19-16)10-5-6-15-13(7-10)12-3-1-2-4-14(12)20-15/h5-9,12,14,20H,1-4H2,(H2,17,18,19)/t12-,14-/m1/s1. The molecule has 0 spiro atoms. The number of nitrogen functional groups attached to an aromatic ring is 1. The second-order valence-corrected chi connectivity index (χ2v) is 5.77. The molecule has 2 aliphatic rings. The van der Waals surface area contributed by atoms with Gasteiger partial charge in [-0.2, -0.15) is 0 Å². The molecule has 4 rings (SSSR count). The Kier molecular flexibility index (Phi) is 2.62. The normalized spacial score (nSPS) is 23.8. The van der Waals surface area contributed by atoms with Crippen LogP contribution in [0.4, 0.5) is 11.6 Å². The first-order valence-electron chi connectivity index (χ1n) is 7.29. The Morgan fingerprint density at radius 3 is 2.70 bits per heavy atom. The van der Waals surface area contributed by atoms with Crippen LogP contribution in [0.1, 0.15) is 37.2 Å². The molecule has 1 aliphatic carbocycles. The molecule has 1 aromatic heterocycles. The molecule has 2 heterocycles. The summed E-state index contributed by atoms with van der Waals surface area (Å²) in [6, 6.07) is 7.27. The van der Waals surface area contributed by atoms with E-state index in [1.165, 1.54) is 42.5 Å². The largest absolute Gasteiger partial charge is 0.381 e. The van der Waals surface area contributed by atoms with Crippen LogP contribution in [0.25, 0.3) is 11.1 Å². The Bertz CT molecular complexity index is 635. The number of fused-ring (bicyclic) bond motifs is 3. The lowest BCUT2D eigenvalue weighted by Gasteiger charge is -2.25. The Labute approximate surface area is 118 Å². The molecule has 1 aromatic carbocycles. The molecule has 4 heteroatoms. The fraction of sp³-hybridized carbons (Fsp3) is 0.375. The summed E-state index contributed by atoms with van der Waals surface area (Å²) in [4.78, 5) is 8.16. The van der Waals surface area contributed by atoms with Crippen molar-refractivity contribution in [2.75, 3.05) is 11.1 Å². The van der Waals surface area contributed by atoms with E-state index in [0.29, 0.717) is 17.9 Å². The maximum atomic E-state index is 5.55. The summed E-state index contributed by atoms with van der Waals surface area (Å²) in [7, 11) is 0. The quantitative estimate of drug-likeness (QED) is 0.832. The molecule has 0 radical (unpaired) electrons. The second kappa shape index (κ2) is 4.47. The van der Waals surface area contributed by atoms with Crippen molar-refractivity contribution in [2.45, 2.75) is 37.6 Å². The van der Waals surface area contributed by atoms with Crippen molar-refractivity contribution in [3.05, 3.63) is 36.2 Å². The van der Waals surface area contributed by atoms with E-state index < -0.39 is 0 Å². The number of hydrogen-bond acceptors (Lipinski definition) is 4. The Hall–Kier alpha value is -2.10. The van der Waals surface area contributed by atoms with Gasteiger partial charge >= 0.3 is 0 Å². The third-order valence-corrected chi connectivity index (χ3v) is 4.56. The molecule has 0 amide bonds. The van der Waals surface area contributed by atoms with Gasteiger partial charge in [0.2, 0.25) is 5.95 Å². The highest BCUT2D eigenvalue weighted by molar-refractivity contribution is 5.70. The zero-order valence-electron chi connectivity index (χ0n) is 11.3. The molecule has 4 nitrogen and oxygen atoms in total. The van der Waals surface area contributed by atoms with Gasteiger partial charge in [-0.1, -0.05) is 18.9 Å². The van der Waals surface area contributed by atoms with E-state index in [9.17, 15) is 0 Å². The fourth-order valence-electron chi connectivity index (χ4n) is 3.54. The van der Waals surface area contributed by atoms with Gasteiger partial charge in [0.1, 0.15) is 0 Å².